The molecule has 0 fully saturated rings. The second kappa shape index (κ2) is 7.68. The third kappa shape index (κ3) is 4.38. The minimum Gasteiger partial charge on any atom is -0.486 e. The summed E-state index contributed by atoms with van der Waals surface area (Å²) in [5.41, 5.74) is 1.05. The Morgan fingerprint density at radius 1 is 1.08 bits per heavy atom. The van der Waals surface area contributed by atoms with Crippen molar-refractivity contribution in [2.75, 3.05) is 26.4 Å². The first kappa shape index (κ1) is 16.1. The van der Waals surface area contributed by atoms with Crippen LogP contribution in [0.1, 0.15) is 5.56 Å². The van der Waals surface area contributed by atoms with E-state index in [9.17, 15) is 9.18 Å². The van der Waals surface area contributed by atoms with Crippen molar-refractivity contribution in [3.8, 4) is 17.2 Å². The van der Waals surface area contributed by atoms with Gasteiger partial charge in [0.25, 0.3) is 5.91 Å². The first-order valence-electron chi connectivity index (χ1n) is 7.74. The molecule has 5 nitrogen and oxygen atoms in total. The fourth-order valence-corrected chi connectivity index (χ4v) is 2.32. The van der Waals surface area contributed by atoms with E-state index in [4.69, 9.17) is 14.2 Å². The van der Waals surface area contributed by atoms with E-state index in [-0.39, 0.29) is 18.3 Å². The predicted octanol–water partition coefficient (Wildman–Crippen LogP) is 2.33. The molecule has 0 bridgehead atoms. The number of nitrogens with one attached hydrogen (secondary N) is 1. The molecule has 24 heavy (non-hydrogen) atoms. The normalized spacial score (nSPS) is 12.5. The Kier molecular flexibility index (Phi) is 5.15. The molecular formula is C18H18FNO4. The van der Waals surface area contributed by atoms with E-state index in [0.717, 1.165) is 17.1 Å². The summed E-state index contributed by atoms with van der Waals surface area (Å²) in [7, 11) is 0. The Labute approximate surface area is 139 Å². The molecule has 0 radical (unpaired) electrons. The summed E-state index contributed by atoms with van der Waals surface area (Å²) in [4.78, 5) is 11.8. The van der Waals surface area contributed by atoms with E-state index in [2.05, 4.69) is 5.32 Å². The monoisotopic (exact) mass is 331 g/mol. The molecule has 0 aromatic heterocycles. The lowest BCUT2D eigenvalue weighted by atomic mass is 10.1. The number of fused-ring (bicyclic) bond motifs is 1. The van der Waals surface area contributed by atoms with Gasteiger partial charge >= 0.3 is 0 Å². The van der Waals surface area contributed by atoms with Crippen LogP contribution in [0.4, 0.5) is 4.39 Å². The third-order valence-corrected chi connectivity index (χ3v) is 3.53. The summed E-state index contributed by atoms with van der Waals surface area (Å²) in [5.74, 6) is 1.38. The van der Waals surface area contributed by atoms with Gasteiger partial charge in [-0.15, -0.1) is 0 Å². The zero-order valence-corrected chi connectivity index (χ0v) is 13.1. The molecule has 0 saturated carbocycles. The van der Waals surface area contributed by atoms with Gasteiger partial charge in [0.05, 0.1) is 0 Å². The minimum absolute atomic E-state index is 0.104. The van der Waals surface area contributed by atoms with E-state index in [1.165, 1.54) is 24.3 Å². The smallest absolute Gasteiger partial charge is 0.257 e. The predicted molar refractivity (Wildman–Crippen MR) is 86.0 cm³/mol. The minimum atomic E-state index is -0.341. The van der Waals surface area contributed by atoms with Crippen LogP contribution in [0.2, 0.25) is 0 Å². The fourth-order valence-electron chi connectivity index (χ4n) is 2.32. The Morgan fingerprint density at radius 3 is 2.62 bits per heavy atom. The van der Waals surface area contributed by atoms with Crippen LogP contribution in [0.3, 0.4) is 0 Å². The number of benzene rings is 2. The Morgan fingerprint density at radius 2 is 1.83 bits per heavy atom. The largest absolute Gasteiger partial charge is 0.486 e. The molecule has 0 aliphatic carbocycles. The molecule has 0 saturated heterocycles. The zero-order chi connectivity index (χ0) is 16.8. The zero-order valence-electron chi connectivity index (χ0n) is 13.1. The maximum atomic E-state index is 12.8. The molecule has 3 rings (SSSR count). The lowest BCUT2D eigenvalue weighted by Gasteiger charge is -2.18. The van der Waals surface area contributed by atoms with E-state index in [1.807, 2.05) is 18.2 Å². The van der Waals surface area contributed by atoms with Crippen LogP contribution in [0, 0.1) is 5.82 Å². The standard InChI is InChI=1S/C18H18FNO4/c19-14-2-4-15(5-3-14)24-12-18(21)20-8-7-13-1-6-16-17(11-13)23-10-9-22-16/h1-6,11H,7-10,12H2,(H,20,21). The van der Waals surface area contributed by atoms with Gasteiger partial charge < -0.3 is 19.5 Å². The van der Waals surface area contributed by atoms with Gasteiger partial charge in [0.15, 0.2) is 18.1 Å². The maximum absolute atomic E-state index is 12.8. The molecule has 6 heteroatoms. The summed E-state index contributed by atoms with van der Waals surface area (Å²) in [6.07, 6.45) is 0.679. The quantitative estimate of drug-likeness (QED) is 0.883. The fraction of sp³-hybridized carbons (Fsp3) is 0.278. The second-order valence-electron chi connectivity index (χ2n) is 5.32. The lowest BCUT2D eigenvalue weighted by molar-refractivity contribution is -0.123. The molecule has 1 heterocycles. The van der Waals surface area contributed by atoms with Crippen molar-refractivity contribution in [1.82, 2.24) is 5.32 Å². The molecule has 0 unspecified atom stereocenters. The highest BCUT2D eigenvalue weighted by atomic mass is 19.1. The molecule has 2 aromatic rings. The molecule has 0 atom stereocenters. The topological polar surface area (TPSA) is 56.8 Å². The summed E-state index contributed by atoms with van der Waals surface area (Å²) >= 11 is 0. The van der Waals surface area contributed by atoms with Crippen molar-refractivity contribution in [3.63, 3.8) is 0 Å². The van der Waals surface area contributed by atoms with Crippen LogP contribution in [-0.2, 0) is 11.2 Å². The number of amides is 1. The molecular weight excluding hydrogens is 313 g/mol. The number of halogens is 1. The molecule has 1 aliphatic heterocycles. The first-order valence-corrected chi connectivity index (χ1v) is 7.74. The summed E-state index contributed by atoms with van der Waals surface area (Å²) in [5, 5.41) is 2.78. The Hall–Kier alpha value is -2.76. The van der Waals surface area contributed by atoms with Crippen LogP contribution in [0.25, 0.3) is 0 Å². The van der Waals surface area contributed by atoms with E-state index in [0.29, 0.717) is 31.9 Å². The third-order valence-electron chi connectivity index (χ3n) is 3.53. The Bertz CT molecular complexity index is 703. The average Bonchev–Trinajstić information content (AvgIpc) is 2.61. The van der Waals surface area contributed by atoms with E-state index in [1.54, 1.807) is 0 Å². The number of carbonyl (C=O) groups is 1. The highest BCUT2D eigenvalue weighted by Crippen LogP contribution is 2.30. The highest BCUT2D eigenvalue weighted by Gasteiger charge is 2.11. The van der Waals surface area contributed by atoms with Crippen LogP contribution >= 0.6 is 0 Å². The number of hydrogen-bond acceptors (Lipinski definition) is 4. The number of ether oxygens (including phenoxy) is 3. The van der Waals surface area contributed by atoms with Crippen LogP contribution in [0.15, 0.2) is 42.5 Å². The molecule has 1 aliphatic rings. The van der Waals surface area contributed by atoms with Crippen molar-refractivity contribution in [2.24, 2.45) is 0 Å². The van der Waals surface area contributed by atoms with Gasteiger partial charge in [-0.1, -0.05) is 6.07 Å². The average molecular weight is 331 g/mol. The van der Waals surface area contributed by atoms with Crippen molar-refractivity contribution in [1.29, 1.82) is 0 Å². The summed E-state index contributed by atoms with van der Waals surface area (Å²) < 4.78 is 29.0. The van der Waals surface area contributed by atoms with Crippen LogP contribution in [-0.4, -0.2) is 32.3 Å². The van der Waals surface area contributed by atoms with Crippen molar-refractivity contribution >= 4 is 5.91 Å². The van der Waals surface area contributed by atoms with Gasteiger partial charge in [0.2, 0.25) is 0 Å². The Balaban J connectivity index is 1.41. The number of rotatable bonds is 6. The first-order chi connectivity index (χ1) is 11.7. The van der Waals surface area contributed by atoms with E-state index >= 15 is 0 Å². The van der Waals surface area contributed by atoms with Crippen LogP contribution in [0.5, 0.6) is 17.2 Å². The number of carbonyl (C=O) groups excluding carboxylic acids is 1. The van der Waals surface area contributed by atoms with Crippen LogP contribution < -0.4 is 19.5 Å². The summed E-state index contributed by atoms with van der Waals surface area (Å²) in [6, 6.07) is 11.3. The molecule has 1 N–H and O–H groups in total. The van der Waals surface area contributed by atoms with Gasteiger partial charge in [-0.3, -0.25) is 4.79 Å². The molecule has 1 amide bonds. The summed E-state index contributed by atoms with van der Waals surface area (Å²) in [6.45, 7) is 1.50. The number of hydrogen-bond donors (Lipinski definition) is 1. The van der Waals surface area contributed by atoms with Gasteiger partial charge in [-0.05, 0) is 48.4 Å². The van der Waals surface area contributed by atoms with Gasteiger partial charge in [-0.25, -0.2) is 4.39 Å². The maximum Gasteiger partial charge on any atom is 0.257 e. The lowest BCUT2D eigenvalue weighted by Crippen LogP contribution is -2.30. The van der Waals surface area contributed by atoms with Crippen molar-refractivity contribution < 1.29 is 23.4 Å². The second-order valence-corrected chi connectivity index (χ2v) is 5.32. The van der Waals surface area contributed by atoms with Crippen molar-refractivity contribution in [3.05, 3.63) is 53.8 Å². The highest BCUT2D eigenvalue weighted by molar-refractivity contribution is 5.77. The van der Waals surface area contributed by atoms with Gasteiger partial charge in [0, 0.05) is 6.54 Å². The molecule has 126 valence electrons. The molecule has 2 aromatic carbocycles. The van der Waals surface area contributed by atoms with Crippen molar-refractivity contribution in [2.45, 2.75) is 6.42 Å². The van der Waals surface area contributed by atoms with Gasteiger partial charge in [0.1, 0.15) is 24.8 Å². The van der Waals surface area contributed by atoms with E-state index < -0.39 is 0 Å². The van der Waals surface area contributed by atoms with Gasteiger partial charge in [-0.2, -0.15) is 0 Å². The SMILES string of the molecule is O=C(COc1ccc(F)cc1)NCCc1ccc2c(c1)OCCO2. The molecule has 0 spiro atoms.